The largest absolute Gasteiger partial charge is 0.444 e. The van der Waals surface area contributed by atoms with E-state index in [1.165, 1.54) is 0 Å². The third-order valence-corrected chi connectivity index (χ3v) is 5.57. The molecule has 6 nitrogen and oxygen atoms in total. The van der Waals surface area contributed by atoms with Crippen LogP contribution >= 0.6 is 0 Å². The first-order valence-electron chi connectivity index (χ1n) is 11.4. The van der Waals surface area contributed by atoms with E-state index < -0.39 is 5.60 Å². The smallest absolute Gasteiger partial charge is 0.410 e. The summed E-state index contributed by atoms with van der Waals surface area (Å²) in [7, 11) is 0. The van der Waals surface area contributed by atoms with E-state index in [4.69, 9.17) is 4.74 Å². The average Bonchev–Trinajstić information content (AvgIpc) is 2.78. The fourth-order valence-corrected chi connectivity index (χ4v) is 3.89. The molecule has 0 unspecified atom stereocenters. The van der Waals surface area contributed by atoms with E-state index in [2.05, 4.69) is 34.5 Å². The maximum absolute atomic E-state index is 12.7. The molecule has 2 aromatic carbocycles. The van der Waals surface area contributed by atoms with Crippen LogP contribution in [-0.4, -0.2) is 66.7 Å². The second-order valence-corrected chi connectivity index (χ2v) is 9.24. The summed E-state index contributed by atoms with van der Waals surface area (Å²) in [6, 6.07) is 20.4. The van der Waals surface area contributed by atoms with E-state index in [1.54, 1.807) is 4.90 Å². The minimum atomic E-state index is -0.476. The first kappa shape index (κ1) is 23.8. The van der Waals surface area contributed by atoms with Crippen molar-refractivity contribution in [3.8, 4) is 0 Å². The van der Waals surface area contributed by atoms with E-state index in [0.717, 1.165) is 30.8 Å². The van der Waals surface area contributed by atoms with E-state index >= 15 is 0 Å². The Morgan fingerprint density at radius 3 is 1.94 bits per heavy atom. The fraction of sp³-hybridized carbons (Fsp3) is 0.462. The van der Waals surface area contributed by atoms with Gasteiger partial charge in [0, 0.05) is 51.6 Å². The highest BCUT2D eigenvalue weighted by atomic mass is 16.6. The van der Waals surface area contributed by atoms with Crippen molar-refractivity contribution in [2.45, 2.75) is 38.7 Å². The monoisotopic (exact) mass is 437 g/mol. The Morgan fingerprint density at radius 2 is 1.44 bits per heavy atom. The molecule has 3 rings (SSSR count). The van der Waals surface area contributed by atoms with Crippen LogP contribution in [0.1, 0.15) is 44.2 Å². The van der Waals surface area contributed by atoms with Crippen LogP contribution < -0.4 is 5.32 Å². The highest BCUT2D eigenvalue weighted by Gasteiger charge is 2.25. The molecule has 6 heteroatoms. The molecule has 1 heterocycles. The van der Waals surface area contributed by atoms with Crippen LogP contribution in [0.5, 0.6) is 0 Å². The molecule has 0 aliphatic carbocycles. The molecule has 0 radical (unpaired) electrons. The Kier molecular flexibility index (Phi) is 8.28. The zero-order valence-electron chi connectivity index (χ0n) is 19.4. The van der Waals surface area contributed by atoms with Gasteiger partial charge < -0.3 is 15.0 Å². The predicted octanol–water partition coefficient (Wildman–Crippen LogP) is 3.88. The minimum Gasteiger partial charge on any atom is -0.444 e. The van der Waals surface area contributed by atoms with Gasteiger partial charge in [-0.1, -0.05) is 60.7 Å². The molecule has 1 fully saturated rings. The van der Waals surface area contributed by atoms with Gasteiger partial charge in [-0.3, -0.25) is 9.69 Å². The molecule has 172 valence electrons. The maximum atomic E-state index is 12.7. The number of amides is 2. The minimum absolute atomic E-state index is 0.0368. The molecule has 32 heavy (non-hydrogen) atoms. The van der Waals surface area contributed by atoms with Gasteiger partial charge in [-0.25, -0.2) is 4.79 Å². The number of carbonyl (C=O) groups excluding carboxylic acids is 2. The second kappa shape index (κ2) is 11.1. The number of nitrogens with one attached hydrogen (secondary N) is 1. The topological polar surface area (TPSA) is 61.9 Å². The number of nitrogens with zero attached hydrogens (tertiary/aromatic N) is 2. The highest BCUT2D eigenvalue weighted by Crippen LogP contribution is 2.27. The Morgan fingerprint density at radius 1 is 0.906 bits per heavy atom. The molecule has 1 aliphatic heterocycles. The van der Waals surface area contributed by atoms with Gasteiger partial charge in [0.25, 0.3) is 0 Å². The SMILES string of the molecule is CC(C)(C)OC(=O)N1CCN(CCNC(=O)CC(c2ccccc2)c2ccccc2)CC1. The first-order chi connectivity index (χ1) is 15.3. The van der Waals surface area contributed by atoms with Crippen LogP contribution in [0.2, 0.25) is 0 Å². The lowest BCUT2D eigenvalue weighted by Crippen LogP contribution is -2.51. The number of carbonyl (C=O) groups is 2. The Bertz CT molecular complexity index is 817. The van der Waals surface area contributed by atoms with Crippen molar-refractivity contribution >= 4 is 12.0 Å². The summed E-state index contributed by atoms with van der Waals surface area (Å²) >= 11 is 0. The van der Waals surface area contributed by atoms with Gasteiger partial charge in [0.2, 0.25) is 5.91 Å². The third-order valence-electron chi connectivity index (χ3n) is 5.57. The van der Waals surface area contributed by atoms with Crippen molar-refractivity contribution in [1.82, 2.24) is 15.1 Å². The first-order valence-corrected chi connectivity index (χ1v) is 11.4. The second-order valence-electron chi connectivity index (χ2n) is 9.24. The third kappa shape index (κ3) is 7.38. The number of benzene rings is 2. The average molecular weight is 438 g/mol. The molecule has 0 bridgehead atoms. The lowest BCUT2D eigenvalue weighted by molar-refractivity contribution is -0.121. The van der Waals surface area contributed by atoms with Crippen LogP contribution in [0, 0.1) is 0 Å². The van der Waals surface area contributed by atoms with Crippen LogP contribution in [-0.2, 0) is 9.53 Å². The van der Waals surface area contributed by atoms with Crippen molar-refractivity contribution in [3.05, 3.63) is 71.8 Å². The summed E-state index contributed by atoms with van der Waals surface area (Å²) in [5.41, 5.74) is 1.81. The summed E-state index contributed by atoms with van der Waals surface area (Å²) in [6.07, 6.45) is 0.166. The molecule has 2 amide bonds. The summed E-state index contributed by atoms with van der Waals surface area (Å²) in [6.45, 7) is 9.87. The zero-order chi connectivity index (χ0) is 23.0. The van der Waals surface area contributed by atoms with Crippen molar-refractivity contribution in [3.63, 3.8) is 0 Å². The van der Waals surface area contributed by atoms with Crippen molar-refractivity contribution in [2.24, 2.45) is 0 Å². The fourth-order valence-electron chi connectivity index (χ4n) is 3.89. The predicted molar refractivity (Wildman–Crippen MR) is 127 cm³/mol. The van der Waals surface area contributed by atoms with Crippen LogP contribution in [0.3, 0.4) is 0 Å². The number of hydrogen-bond acceptors (Lipinski definition) is 4. The molecule has 2 aromatic rings. The zero-order valence-corrected chi connectivity index (χ0v) is 19.4. The Hall–Kier alpha value is -2.86. The van der Waals surface area contributed by atoms with Gasteiger partial charge in [0.05, 0.1) is 0 Å². The number of ether oxygens (including phenoxy) is 1. The molecule has 0 saturated carbocycles. The van der Waals surface area contributed by atoms with Crippen LogP contribution in [0.15, 0.2) is 60.7 Å². The molecular formula is C26H35N3O3. The normalized spacial score (nSPS) is 14.9. The Labute approximate surface area is 191 Å². The number of piperazine rings is 1. The van der Waals surface area contributed by atoms with Gasteiger partial charge in [-0.05, 0) is 31.9 Å². The maximum Gasteiger partial charge on any atom is 0.410 e. The quantitative estimate of drug-likeness (QED) is 0.714. The van der Waals surface area contributed by atoms with Crippen molar-refractivity contribution in [2.75, 3.05) is 39.3 Å². The molecule has 1 saturated heterocycles. The van der Waals surface area contributed by atoms with E-state index in [0.29, 0.717) is 26.1 Å². The molecule has 0 spiro atoms. The van der Waals surface area contributed by atoms with Gasteiger partial charge in [0.1, 0.15) is 5.60 Å². The molecular weight excluding hydrogens is 402 g/mol. The number of rotatable bonds is 7. The highest BCUT2D eigenvalue weighted by molar-refractivity contribution is 5.77. The van der Waals surface area contributed by atoms with E-state index in [9.17, 15) is 9.59 Å². The molecule has 0 atom stereocenters. The lowest BCUT2D eigenvalue weighted by atomic mass is 9.88. The van der Waals surface area contributed by atoms with E-state index in [1.807, 2.05) is 57.2 Å². The van der Waals surface area contributed by atoms with Crippen molar-refractivity contribution < 1.29 is 14.3 Å². The summed E-state index contributed by atoms with van der Waals surface area (Å²) in [4.78, 5) is 28.9. The van der Waals surface area contributed by atoms with E-state index in [-0.39, 0.29) is 17.9 Å². The lowest BCUT2D eigenvalue weighted by Gasteiger charge is -2.35. The summed E-state index contributed by atoms with van der Waals surface area (Å²) < 4.78 is 5.45. The van der Waals surface area contributed by atoms with Gasteiger partial charge >= 0.3 is 6.09 Å². The van der Waals surface area contributed by atoms with Crippen molar-refractivity contribution in [1.29, 1.82) is 0 Å². The summed E-state index contributed by atoms with van der Waals surface area (Å²) in [5, 5.41) is 3.08. The standard InChI is InChI=1S/C26H35N3O3/c1-26(2,3)32-25(31)29-18-16-28(17-19-29)15-14-27-24(30)20-23(21-10-6-4-7-11-21)22-12-8-5-9-13-22/h4-13,23H,14-20H2,1-3H3,(H,27,30). The number of hydrogen-bond donors (Lipinski definition) is 1. The van der Waals surface area contributed by atoms with Gasteiger partial charge in [-0.2, -0.15) is 0 Å². The molecule has 0 aromatic heterocycles. The van der Waals surface area contributed by atoms with Crippen LogP contribution in [0.4, 0.5) is 4.79 Å². The van der Waals surface area contributed by atoms with Crippen LogP contribution in [0.25, 0.3) is 0 Å². The molecule has 1 aliphatic rings. The Balaban J connectivity index is 1.44. The summed E-state index contributed by atoms with van der Waals surface area (Å²) in [5.74, 6) is 0.0878. The molecule has 1 N–H and O–H groups in total. The van der Waals surface area contributed by atoms with Gasteiger partial charge in [0.15, 0.2) is 0 Å². The van der Waals surface area contributed by atoms with Gasteiger partial charge in [-0.15, -0.1) is 0 Å².